The summed E-state index contributed by atoms with van der Waals surface area (Å²) in [6.45, 7) is 3.23. The highest BCUT2D eigenvalue weighted by atomic mass is 35.5. The Morgan fingerprint density at radius 3 is 2.43 bits per heavy atom. The van der Waals surface area contributed by atoms with Crippen molar-refractivity contribution in [3.05, 3.63) is 53.1 Å². The Hall–Kier alpha value is -2.41. The summed E-state index contributed by atoms with van der Waals surface area (Å²) in [5.41, 5.74) is 2.45. The minimum absolute atomic E-state index is 0.211. The summed E-state index contributed by atoms with van der Waals surface area (Å²) in [5.74, 6) is 1.71. The molecule has 0 radical (unpaired) electrons. The zero-order chi connectivity index (χ0) is 19.9. The van der Waals surface area contributed by atoms with E-state index in [0.717, 1.165) is 23.3 Å². The van der Waals surface area contributed by atoms with Crippen molar-refractivity contribution in [3.63, 3.8) is 0 Å². The van der Waals surface area contributed by atoms with E-state index < -0.39 is 0 Å². The van der Waals surface area contributed by atoms with E-state index in [2.05, 4.69) is 26.7 Å². The molecule has 0 saturated carbocycles. The van der Waals surface area contributed by atoms with Crippen molar-refractivity contribution in [2.45, 2.75) is 19.9 Å². The van der Waals surface area contributed by atoms with Crippen LogP contribution in [0.4, 0.5) is 0 Å². The minimum Gasteiger partial charge on any atom is -0.494 e. The summed E-state index contributed by atoms with van der Waals surface area (Å²) in [6, 6.07) is 13.4. The molecular weight excluding hydrogens is 399 g/mol. The molecule has 0 unspecified atom stereocenters. The zero-order valence-corrected chi connectivity index (χ0v) is 17.1. The molecular formula is C20H20Cl2N4O2. The Kier molecular flexibility index (Phi) is 7.03. The van der Waals surface area contributed by atoms with E-state index in [1.165, 1.54) is 7.11 Å². The van der Waals surface area contributed by atoms with Gasteiger partial charge in [0.25, 0.3) is 0 Å². The first-order valence-electron chi connectivity index (χ1n) is 8.80. The average Bonchev–Trinajstić information content (AvgIpc) is 2.73. The van der Waals surface area contributed by atoms with Gasteiger partial charge in [-0.2, -0.15) is 9.97 Å². The fraction of sp³-hybridized carbons (Fsp3) is 0.250. The monoisotopic (exact) mass is 418 g/mol. The van der Waals surface area contributed by atoms with Gasteiger partial charge in [0.2, 0.25) is 0 Å². The predicted octanol–water partition coefficient (Wildman–Crippen LogP) is 4.90. The first-order chi connectivity index (χ1) is 13.6. The van der Waals surface area contributed by atoms with Crippen LogP contribution in [0, 0.1) is 0 Å². The van der Waals surface area contributed by atoms with E-state index in [4.69, 9.17) is 32.9 Å². The normalized spacial score (nSPS) is 10.7. The molecule has 1 aromatic heterocycles. The lowest BCUT2D eigenvalue weighted by molar-refractivity contribution is 0.317. The van der Waals surface area contributed by atoms with Crippen molar-refractivity contribution in [2.24, 2.45) is 0 Å². The van der Waals surface area contributed by atoms with E-state index in [1.54, 1.807) is 6.07 Å². The van der Waals surface area contributed by atoms with E-state index in [0.29, 0.717) is 35.4 Å². The van der Waals surface area contributed by atoms with Gasteiger partial charge < -0.3 is 9.47 Å². The molecule has 0 spiro atoms. The van der Waals surface area contributed by atoms with Crippen molar-refractivity contribution >= 4 is 23.4 Å². The first kappa shape index (κ1) is 20.3. The lowest BCUT2D eigenvalue weighted by atomic mass is 10.1. The largest absolute Gasteiger partial charge is 0.494 e. The molecule has 0 saturated heterocycles. The third-order valence-corrected chi connectivity index (χ3v) is 4.39. The fourth-order valence-electron chi connectivity index (χ4n) is 2.55. The number of hydrogen-bond donors (Lipinski definition) is 1. The molecule has 6 nitrogen and oxygen atoms in total. The molecule has 1 N–H and O–H groups in total. The summed E-state index contributed by atoms with van der Waals surface area (Å²) < 4.78 is 10.9. The third-order valence-electron chi connectivity index (χ3n) is 3.93. The lowest BCUT2D eigenvalue weighted by Crippen LogP contribution is -2.02. The fourth-order valence-corrected chi connectivity index (χ4v) is 2.90. The molecule has 3 aromatic rings. The van der Waals surface area contributed by atoms with Crippen molar-refractivity contribution in [2.75, 3.05) is 13.7 Å². The van der Waals surface area contributed by atoms with Crippen LogP contribution in [0.1, 0.15) is 18.9 Å². The number of rotatable bonds is 8. The quantitative estimate of drug-likeness (QED) is 0.524. The van der Waals surface area contributed by atoms with Crippen molar-refractivity contribution in [1.29, 1.82) is 0 Å². The molecule has 1 heterocycles. The molecule has 3 rings (SSSR count). The van der Waals surface area contributed by atoms with Crippen molar-refractivity contribution < 1.29 is 9.47 Å². The maximum Gasteiger partial charge on any atom is 0.320 e. The van der Waals surface area contributed by atoms with E-state index >= 15 is 0 Å². The zero-order valence-electron chi connectivity index (χ0n) is 15.6. The number of benzene rings is 2. The molecule has 0 bridgehead atoms. The molecule has 0 atom stereocenters. The average molecular weight is 419 g/mol. The van der Waals surface area contributed by atoms with Gasteiger partial charge in [-0.3, -0.25) is 0 Å². The van der Waals surface area contributed by atoms with Crippen LogP contribution in [-0.4, -0.2) is 28.7 Å². The number of nitrogens with one attached hydrogen (secondary N) is 1. The molecule has 0 amide bonds. The van der Waals surface area contributed by atoms with E-state index in [1.807, 2.05) is 36.4 Å². The summed E-state index contributed by atoms with van der Waals surface area (Å²) in [6.07, 6.45) is 0.953. The van der Waals surface area contributed by atoms with Gasteiger partial charge in [-0.1, -0.05) is 24.6 Å². The smallest absolute Gasteiger partial charge is 0.320 e. The highest BCUT2D eigenvalue weighted by molar-refractivity contribution is 6.33. The van der Waals surface area contributed by atoms with Gasteiger partial charge in [-0.25, -0.2) is 9.82 Å². The van der Waals surface area contributed by atoms with Crippen LogP contribution in [0.5, 0.6) is 11.8 Å². The van der Waals surface area contributed by atoms with Gasteiger partial charge in [0.1, 0.15) is 5.75 Å². The second-order valence-electron chi connectivity index (χ2n) is 5.97. The molecule has 8 heteroatoms. The second kappa shape index (κ2) is 9.68. The Bertz CT molecular complexity index is 936. The highest BCUT2D eigenvalue weighted by Gasteiger charge is 2.14. The molecule has 28 heavy (non-hydrogen) atoms. The summed E-state index contributed by atoms with van der Waals surface area (Å²) in [7, 11) is 1.51. The van der Waals surface area contributed by atoms with Crippen LogP contribution in [0.2, 0.25) is 5.02 Å². The summed E-state index contributed by atoms with van der Waals surface area (Å²) in [4.78, 5) is 15.9. The maximum absolute atomic E-state index is 6.38. The van der Waals surface area contributed by atoms with Gasteiger partial charge in [-0.15, -0.1) is 0 Å². The number of hydrogen-bond acceptors (Lipinski definition) is 6. The SMILES string of the molecule is CCCOc1ccc(-c2nc(OC)nc(-c3cc(CNCl)ccc3Cl)n2)cc1. The van der Waals surface area contributed by atoms with Gasteiger partial charge in [0, 0.05) is 17.7 Å². The Morgan fingerprint density at radius 1 is 1.00 bits per heavy atom. The van der Waals surface area contributed by atoms with Crippen molar-refractivity contribution in [3.8, 4) is 34.5 Å². The molecule has 0 aliphatic carbocycles. The molecule has 0 fully saturated rings. The standard InChI is InChI=1S/C20H20Cl2N4O2/c1-3-10-28-15-7-5-14(6-8-15)18-24-19(26-20(25-18)27-2)16-11-13(12-23-22)4-9-17(16)21/h4-9,11,23H,3,10,12H2,1-2H3. The topological polar surface area (TPSA) is 69.2 Å². The van der Waals surface area contributed by atoms with Crippen LogP contribution < -0.4 is 14.3 Å². The highest BCUT2D eigenvalue weighted by Crippen LogP contribution is 2.29. The van der Waals surface area contributed by atoms with Gasteiger partial charge in [-0.05, 0) is 60.2 Å². The Morgan fingerprint density at radius 2 is 1.75 bits per heavy atom. The van der Waals surface area contributed by atoms with Gasteiger partial charge in [0.05, 0.1) is 18.7 Å². The molecule has 0 aliphatic rings. The van der Waals surface area contributed by atoms with Gasteiger partial charge in [0.15, 0.2) is 11.6 Å². The number of methoxy groups -OCH3 is 1. The van der Waals surface area contributed by atoms with Crippen LogP contribution in [0.3, 0.4) is 0 Å². The predicted molar refractivity (Wildman–Crippen MR) is 111 cm³/mol. The number of ether oxygens (including phenoxy) is 2. The van der Waals surface area contributed by atoms with Crippen LogP contribution in [0.25, 0.3) is 22.8 Å². The Balaban J connectivity index is 2.00. The molecule has 0 aliphatic heterocycles. The number of nitrogens with zero attached hydrogens (tertiary/aromatic N) is 3. The van der Waals surface area contributed by atoms with Crippen LogP contribution >= 0.6 is 23.4 Å². The minimum atomic E-state index is 0.211. The first-order valence-corrected chi connectivity index (χ1v) is 9.55. The Labute approximate surface area is 174 Å². The number of halogens is 2. The van der Waals surface area contributed by atoms with Gasteiger partial charge >= 0.3 is 6.01 Å². The number of aromatic nitrogens is 3. The van der Waals surface area contributed by atoms with E-state index in [-0.39, 0.29) is 6.01 Å². The van der Waals surface area contributed by atoms with Crippen LogP contribution in [0.15, 0.2) is 42.5 Å². The van der Waals surface area contributed by atoms with Crippen molar-refractivity contribution in [1.82, 2.24) is 19.8 Å². The molecule has 2 aromatic carbocycles. The van der Waals surface area contributed by atoms with E-state index in [9.17, 15) is 0 Å². The molecule has 146 valence electrons. The van der Waals surface area contributed by atoms with Crippen LogP contribution in [-0.2, 0) is 6.54 Å². The maximum atomic E-state index is 6.38. The summed E-state index contributed by atoms with van der Waals surface area (Å²) in [5, 5.41) is 0.529. The summed E-state index contributed by atoms with van der Waals surface area (Å²) >= 11 is 12.0. The lowest BCUT2D eigenvalue weighted by Gasteiger charge is -2.10. The third kappa shape index (κ3) is 4.90. The second-order valence-corrected chi connectivity index (χ2v) is 6.64.